The van der Waals surface area contributed by atoms with Crippen LogP contribution >= 0.6 is 0 Å². The summed E-state index contributed by atoms with van der Waals surface area (Å²) in [6.45, 7) is 0. The first kappa shape index (κ1) is 50.8. The molecule has 0 aliphatic rings. The molecule has 374 valence electrons. The Balaban J connectivity index is 1.21. The van der Waals surface area contributed by atoms with E-state index in [0.29, 0.717) is 99.8 Å². The van der Waals surface area contributed by atoms with Crippen molar-refractivity contribution in [3.63, 3.8) is 0 Å². The predicted molar refractivity (Wildman–Crippen MR) is 302 cm³/mol. The molecule has 0 radical (unpaired) electrons. The second-order valence-electron chi connectivity index (χ2n) is 19.0. The van der Waals surface area contributed by atoms with Gasteiger partial charge in [0, 0.05) is 16.3 Å². The number of para-hydroxylation sites is 1. The van der Waals surface area contributed by atoms with E-state index < -0.39 is 11.7 Å². The zero-order valence-electron chi connectivity index (χ0n) is 42.1. The van der Waals surface area contributed by atoms with Gasteiger partial charge in [0.25, 0.3) is 0 Å². The monoisotopic (exact) mass is 1040 g/mol. The summed E-state index contributed by atoms with van der Waals surface area (Å²) in [6.07, 6.45) is -4.68. The number of aromatic nitrogens is 1. The van der Waals surface area contributed by atoms with Crippen LogP contribution in [-0.2, 0) is 6.18 Å². The van der Waals surface area contributed by atoms with Crippen molar-refractivity contribution >= 4 is 21.8 Å². The first-order valence-electron chi connectivity index (χ1n) is 24.8. The zero-order valence-corrected chi connectivity index (χ0v) is 42.1. The minimum atomic E-state index is -4.68. The number of nitriles is 8. The highest BCUT2D eigenvalue weighted by molar-refractivity contribution is 6.12. The average Bonchev–Trinajstić information content (AvgIpc) is 4.11. The van der Waals surface area contributed by atoms with E-state index in [-0.39, 0.29) is 50.1 Å². The summed E-state index contributed by atoms with van der Waals surface area (Å²) in [4.78, 5) is 0. The van der Waals surface area contributed by atoms with Crippen LogP contribution in [-0.4, -0.2) is 4.57 Å². The van der Waals surface area contributed by atoms with Gasteiger partial charge in [0.1, 0.15) is 0 Å². The molecule has 0 aliphatic carbocycles. The summed E-state index contributed by atoms with van der Waals surface area (Å²) >= 11 is 0. The topological polar surface area (TPSA) is 195 Å². The maximum Gasteiger partial charge on any atom is 0.417 e. The standard InChI is InChI=1S/C69H32F3N9/c70-69(71,72)65-7-3-1-5-61(65)62-6-2-4-8-66(62)81-67-11-9-49(55-25-57(51-17-41(33-73)13-42(18-51)34-74)29-58(26-55)52-19-43(35-75)14-44(20-52)36-76)31-63(67)64-32-50(10-12-68(64)81)56-27-59(53-21-45(37-77)15-46(22-53)38-78)30-60(28-56)54-23-47(39-79)16-48(24-54)40-80/h1-32H. The van der Waals surface area contributed by atoms with Gasteiger partial charge in [0.15, 0.2) is 0 Å². The van der Waals surface area contributed by atoms with Gasteiger partial charge in [-0.2, -0.15) is 55.3 Å². The lowest BCUT2D eigenvalue weighted by molar-refractivity contribution is -0.137. The van der Waals surface area contributed by atoms with Crippen molar-refractivity contribution in [3.8, 4) is 132 Å². The Hall–Kier alpha value is -12.3. The van der Waals surface area contributed by atoms with Gasteiger partial charge in [-0.15, -0.1) is 0 Å². The van der Waals surface area contributed by atoms with Gasteiger partial charge in [0.05, 0.1) is 115 Å². The van der Waals surface area contributed by atoms with Crippen molar-refractivity contribution in [2.75, 3.05) is 0 Å². The Labute approximate surface area is 462 Å². The molecule has 0 spiro atoms. The first-order valence-corrected chi connectivity index (χ1v) is 24.8. The molecule has 0 amide bonds. The molecule has 9 nitrogen and oxygen atoms in total. The summed E-state index contributed by atoms with van der Waals surface area (Å²) in [7, 11) is 0. The number of nitrogens with zero attached hydrogens (tertiary/aromatic N) is 9. The molecule has 11 aromatic rings. The summed E-state index contributed by atoms with van der Waals surface area (Å²) < 4.78 is 46.5. The molecule has 1 aromatic heterocycles. The van der Waals surface area contributed by atoms with E-state index in [0.717, 1.165) is 6.07 Å². The zero-order chi connectivity index (χ0) is 56.5. The van der Waals surface area contributed by atoms with E-state index in [1.165, 1.54) is 36.4 Å². The van der Waals surface area contributed by atoms with Crippen molar-refractivity contribution in [1.29, 1.82) is 42.1 Å². The third-order valence-electron chi connectivity index (χ3n) is 14.1. The fourth-order valence-electron chi connectivity index (χ4n) is 10.5. The van der Waals surface area contributed by atoms with Gasteiger partial charge in [-0.3, -0.25) is 0 Å². The van der Waals surface area contributed by atoms with E-state index >= 15 is 0 Å². The van der Waals surface area contributed by atoms with E-state index in [1.54, 1.807) is 78.9 Å². The summed E-state index contributed by atoms with van der Waals surface area (Å²) in [6, 6.07) is 71.8. The molecule has 0 unspecified atom stereocenters. The number of alkyl halides is 3. The maximum absolute atomic E-state index is 14.9. The van der Waals surface area contributed by atoms with Crippen LogP contribution in [0.25, 0.3) is 105 Å². The fraction of sp³-hybridized carbons (Fsp3) is 0.0145. The molecule has 10 aromatic carbocycles. The average molecular weight is 1040 g/mol. The maximum atomic E-state index is 14.9. The van der Waals surface area contributed by atoms with Crippen LogP contribution in [0.2, 0.25) is 0 Å². The van der Waals surface area contributed by atoms with E-state index in [4.69, 9.17) is 0 Å². The summed E-state index contributed by atoms with van der Waals surface area (Å²) in [5.74, 6) is 0. The summed E-state index contributed by atoms with van der Waals surface area (Å²) in [5, 5.41) is 81.4. The van der Waals surface area contributed by atoms with Crippen LogP contribution in [0.4, 0.5) is 13.2 Å². The molecule has 12 heteroatoms. The molecule has 0 N–H and O–H groups in total. The van der Waals surface area contributed by atoms with E-state index in [1.807, 2.05) is 77.4 Å². The number of hydrogen-bond donors (Lipinski definition) is 0. The highest BCUT2D eigenvalue weighted by atomic mass is 19.4. The van der Waals surface area contributed by atoms with Crippen LogP contribution in [0.1, 0.15) is 50.1 Å². The number of halogens is 3. The molecule has 81 heavy (non-hydrogen) atoms. The molecule has 1 heterocycles. The van der Waals surface area contributed by atoms with E-state index in [9.17, 15) is 55.3 Å². The van der Waals surface area contributed by atoms with Crippen molar-refractivity contribution in [2.24, 2.45) is 0 Å². The molecule has 0 aliphatic heterocycles. The second-order valence-corrected chi connectivity index (χ2v) is 19.0. The quantitative estimate of drug-likeness (QED) is 0.143. The van der Waals surface area contributed by atoms with Gasteiger partial charge in [0.2, 0.25) is 0 Å². The molecular weight excluding hydrogens is 1010 g/mol. The molecule has 0 atom stereocenters. The Morgan fingerprint density at radius 2 is 0.543 bits per heavy atom. The van der Waals surface area contributed by atoms with Crippen molar-refractivity contribution in [3.05, 3.63) is 244 Å². The molecule has 0 saturated carbocycles. The van der Waals surface area contributed by atoms with Gasteiger partial charge in [-0.1, -0.05) is 48.5 Å². The Bertz CT molecular complexity index is 4300. The second kappa shape index (κ2) is 20.7. The van der Waals surface area contributed by atoms with Crippen LogP contribution in [0.5, 0.6) is 0 Å². The van der Waals surface area contributed by atoms with Gasteiger partial charge >= 0.3 is 6.18 Å². The molecule has 11 rings (SSSR count). The summed E-state index contributed by atoms with van der Waals surface area (Å²) in [5.41, 5.74) is 10.9. The molecule has 0 saturated heterocycles. The van der Waals surface area contributed by atoms with Gasteiger partial charge < -0.3 is 4.57 Å². The van der Waals surface area contributed by atoms with Gasteiger partial charge in [-0.25, -0.2) is 0 Å². The highest BCUT2D eigenvalue weighted by Gasteiger charge is 2.34. The van der Waals surface area contributed by atoms with E-state index in [2.05, 4.69) is 48.6 Å². The lowest BCUT2D eigenvalue weighted by atomic mass is 9.90. The van der Waals surface area contributed by atoms with Crippen molar-refractivity contribution in [2.45, 2.75) is 6.18 Å². The van der Waals surface area contributed by atoms with Crippen LogP contribution in [0, 0.1) is 90.6 Å². The number of fused-ring (bicyclic) bond motifs is 3. The highest BCUT2D eigenvalue weighted by Crippen LogP contribution is 2.45. The first-order chi connectivity index (χ1) is 39.3. The third-order valence-corrected chi connectivity index (χ3v) is 14.1. The van der Waals surface area contributed by atoms with Crippen LogP contribution in [0.15, 0.2) is 194 Å². The van der Waals surface area contributed by atoms with Crippen molar-refractivity contribution < 1.29 is 13.2 Å². The number of benzene rings is 10. The minimum absolute atomic E-state index is 0.0161. The smallest absolute Gasteiger partial charge is 0.309 e. The predicted octanol–water partition coefficient (Wildman–Crippen LogP) is 16.4. The SMILES string of the molecule is N#Cc1cc(C#N)cc(-c2cc(-c3cc(C#N)cc(C#N)c3)cc(-c3ccc4c(c3)c3cc(-c5cc(-c6cc(C#N)cc(C#N)c6)cc(-c6cc(C#N)cc(C#N)c6)c5)ccc3n4-c3ccccc3-c3ccccc3C(F)(F)F)c2)c1. The fourth-order valence-corrected chi connectivity index (χ4v) is 10.5. The lowest BCUT2D eigenvalue weighted by Crippen LogP contribution is -2.08. The molecule has 0 fully saturated rings. The Morgan fingerprint density at radius 3 is 0.852 bits per heavy atom. The van der Waals surface area contributed by atoms with Crippen LogP contribution < -0.4 is 0 Å². The third kappa shape index (κ3) is 9.69. The largest absolute Gasteiger partial charge is 0.417 e. The number of hydrogen-bond acceptors (Lipinski definition) is 8. The van der Waals surface area contributed by atoms with Crippen LogP contribution in [0.3, 0.4) is 0 Å². The minimum Gasteiger partial charge on any atom is -0.309 e. The molecular formula is C69H32F3N9. The lowest BCUT2D eigenvalue weighted by Gasteiger charge is -2.18. The Morgan fingerprint density at radius 1 is 0.272 bits per heavy atom. The number of rotatable bonds is 8. The van der Waals surface area contributed by atoms with Gasteiger partial charge in [-0.05, 0) is 218 Å². The Kier molecular flexibility index (Phi) is 13.0. The molecule has 0 bridgehead atoms. The normalized spacial score (nSPS) is 10.8. The van der Waals surface area contributed by atoms with Crippen molar-refractivity contribution in [1.82, 2.24) is 4.57 Å².